The summed E-state index contributed by atoms with van der Waals surface area (Å²) >= 11 is 0. The Morgan fingerprint density at radius 2 is 1.66 bits per heavy atom. The Bertz CT molecular complexity index is 996. The Balaban J connectivity index is 1.53. The normalized spacial score (nSPS) is 22.4. The van der Waals surface area contributed by atoms with Gasteiger partial charge in [-0.1, -0.05) is 18.2 Å². The van der Waals surface area contributed by atoms with Gasteiger partial charge in [-0.25, -0.2) is 0 Å². The molecule has 0 atom stereocenters. The Hall–Kier alpha value is -2.15. The molecule has 1 aromatic rings. The van der Waals surface area contributed by atoms with Crippen LogP contribution < -0.4 is 0 Å². The van der Waals surface area contributed by atoms with Crippen LogP contribution in [0.15, 0.2) is 28.2 Å². The van der Waals surface area contributed by atoms with Crippen molar-refractivity contribution in [2.24, 2.45) is 10.3 Å². The van der Waals surface area contributed by atoms with Crippen LogP contribution in [-0.2, 0) is 14.8 Å². The molecule has 7 heteroatoms. The number of amides is 1. The van der Waals surface area contributed by atoms with E-state index >= 15 is 0 Å². The van der Waals surface area contributed by atoms with E-state index < -0.39 is 10.0 Å². The second-order valence-corrected chi connectivity index (χ2v) is 9.98. The maximum atomic E-state index is 12.8. The van der Waals surface area contributed by atoms with Crippen molar-refractivity contribution in [1.29, 1.82) is 0 Å². The quantitative estimate of drug-likeness (QED) is 0.744. The predicted molar refractivity (Wildman–Crippen MR) is 115 cm³/mol. The summed E-state index contributed by atoms with van der Waals surface area (Å²) in [7, 11) is -3.71. The van der Waals surface area contributed by atoms with E-state index in [1.165, 1.54) is 0 Å². The fourth-order valence-electron chi connectivity index (χ4n) is 4.60. The molecule has 0 spiro atoms. The summed E-state index contributed by atoms with van der Waals surface area (Å²) < 4.78 is 29.8. The number of piperidine rings is 1. The summed E-state index contributed by atoms with van der Waals surface area (Å²) in [6.45, 7) is 8.93. The average molecular weight is 416 g/mol. The zero-order valence-electron chi connectivity index (χ0n) is 17.4. The minimum atomic E-state index is -3.71. The lowest BCUT2D eigenvalue weighted by molar-refractivity contribution is -0.135. The highest BCUT2D eigenvalue weighted by atomic mass is 32.2. The monoisotopic (exact) mass is 415 g/mol. The molecule has 3 aliphatic heterocycles. The van der Waals surface area contributed by atoms with Gasteiger partial charge in [-0.3, -0.25) is 4.79 Å². The topological polar surface area (TPSA) is 70.0 Å². The van der Waals surface area contributed by atoms with Gasteiger partial charge in [-0.15, -0.1) is 4.40 Å². The van der Waals surface area contributed by atoms with Gasteiger partial charge in [-0.05, 0) is 63.1 Å². The number of benzene rings is 1. The molecule has 6 nitrogen and oxygen atoms in total. The molecule has 1 aromatic carbocycles. The molecule has 3 heterocycles. The number of carbonyl (C=O) groups excluding carboxylic acids is 1. The summed E-state index contributed by atoms with van der Waals surface area (Å²) in [4.78, 5) is 17.0. The Morgan fingerprint density at radius 1 is 1.00 bits per heavy atom. The molecule has 2 saturated heterocycles. The molecule has 0 N–H and O–H groups in total. The zero-order valence-corrected chi connectivity index (χ0v) is 18.3. The second-order valence-electron chi connectivity index (χ2n) is 8.44. The highest BCUT2D eigenvalue weighted by Gasteiger charge is 2.36. The number of nitrogens with zero attached hydrogens (tertiary/aromatic N) is 3. The van der Waals surface area contributed by atoms with Crippen LogP contribution in [0.25, 0.3) is 4.91 Å². The van der Waals surface area contributed by atoms with Gasteiger partial charge in [0, 0.05) is 37.7 Å². The summed E-state index contributed by atoms with van der Waals surface area (Å²) in [5, 5.41) is 0. The van der Waals surface area contributed by atoms with Crippen molar-refractivity contribution in [3.8, 4) is 0 Å². The summed E-state index contributed by atoms with van der Waals surface area (Å²) in [6.07, 6.45) is 3.70. The van der Waals surface area contributed by atoms with Gasteiger partial charge in [0.25, 0.3) is 10.0 Å². The minimum absolute atomic E-state index is 0.0477. The van der Waals surface area contributed by atoms with Crippen LogP contribution in [0.5, 0.6) is 0 Å². The van der Waals surface area contributed by atoms with Crippen LogP contribution in [0.2, 0.25) is 0 Å². The lowest BCUT2D eigenvalue weighted by Gasteiger charge is -2.34. The van der Waals surface area contributed by atoms with Crippen molar-refractivity contribution in [2.75, 3.05) is 26.2 Å². The molecular formula is C22H29N3O3S. The molecule has 3 aliphatic rings. The van der Waals surface area contributed by atoms with Gasteiger partial charge in [0.2, 0.25) is 5.91 Å². The largest absolute Gasteiger partial charge is 0.356 e. The van der Waals surface area contributed by atoms with E-state index in [4.69, 9.17) is 0 Å². The number of amidine groups is 1. The number of hydrogen-bond donors (Lipinski definition) is 0. The van der Waals surface area contributed by atoms with Crippen molar-refractivity contribution >= 4 is 26.7 Å². The zero-order chi connectivity index (χ0) is 20.8. The lowest BCUT2D eigenvalue weighted by Crippen LogP contribution is -2.43. The maximum Gasteiger partial charge on any atom is 0.285 e. The molecule has 0 saturated carbocycles. The Labute approximate surface area is 173 Å². The van der Waals surface area contributed by atoms with E-state index in [9.17, 15) is 13.2 Å². The first-order valence-corrected chi connectivity index (χ1v) is 11.9. The number of aryl methyl sites for hydroxylation is 2. The van der Waals surface area contributed by atoms with E-state index in [-0.39, 0.29) is 11.8 Å². The van der Waals surface area contributed by atoms with Crippen molar-refractivity contribution in [3.05, 3.63) is 40.5 Å². The van der Waals surface area contributed by atoms with Gasteiger partial charge >= 0.3 is 0 Å². The maximum absolute atomic E-state index is 12.8. The third-order valence-corrected chi connectivity index (χ3v) is 7.94. The summed E-state index contributed by atoms with van der Waals surface area (Å²) in [6, 6.07) is 5.73. The molecule has 156 valence electrons. The first-order valence-electron chi connectivity index (χ1n) is 10.5. The Morgan fingerprint density at radius 3 is 2.28 bits per heavy atom. The molecule has 1 amide bonds. The smallest absolute Gasteiger partial charge is 0.285 e. The van der Waals surface area contributed by atoms with E-state index in [1.54, 1.807) is 0 Å². The highest BCUT2D eigenvalue weighted by Crippen LogP contribution is 2.35. The van der Waals surface area contributed by atoms with Crippen molar-refractivity contribution in [3.63, 3.8) is 0 Å². The molecule has 29 heavy (non-hydrogen) atoms. The molecular weight excluding hydrogens is 386 g/mol. The highest BCUT2D eigenvalue weighted by molar-refractivity contribution is 8.00. The fraction of sp³-hybridized carbons (Fsp3) is 0.545. The molecule has 0 aliphatic carbocycles. The first-order chi connectivity index (χ1) is 13.8. The third kappa shape index (κ3) is 3.72. The molecule has 4 rings (SSSR count). The van der Waals surface area contributed by atoms with E-state index in [0.29, 0.717) is 35.0 Å². The molecule has 0 bridgehead atoms. The number of carbonyl (C=O) groups is 1. The second kappa shape index (κ2) is 7.59. The number of sulfonamides is 1. The molecule has 0 aromatic heterocycles. The number of hydrogen-bond acceptors (Lipinski definition) is 4. The van der Waals surface area contributed by atoms with Gasteiger partial charge in [0.1, 0.15) is 10.7 Å². The van der Waals surface area contributed by atoms with Crippen LogP contribution >= 0.6 is 0 Å². The summed E-state index contributed by atoms with van der Waals surface area (Å²) in [5.74, 6) is 0.864. The van der Waals surface area contributed by atoms with E-state index in [2.05, 4.69) is 4.40 Å². The standard InChI is InChI=1S/C22H29N3O3S/c1-15-6-7-19(14-16(15)2)20-17(3)21(23-29(20,27)28)24-12-8-18(9-13-24)22(26)25-10-4-5-11-25/h6-7,14,18H,4-5,8-13H2,1-3H3. The molecule has 0 radical (unpaired) electrons. The van der Waals surface area contributed by atoms with Crippen molar-refractivity contribution in [1.82, 2.24) is 9.80 Å². The van der Waals surface area contributed by atoms with Crippen LogP contribution in [0, 0.1) is 19.8 Å². The van der Waals surface area contributed by atoms with Gasteiger partial charge in [-0.2, -0.15) is 8.42 Å². The van der Waals surface area contributed by atoms with Crippen LogP contribution in [0.3, 0.4) is 0 Å². The van der Waals surface area contributed by atoms with Gasteiger partial charge in [0.05, 0.1) is 0 Å². The predicted octanol–water partition coefficient (Wildman–Crippen LogP) is 3.11. The van der Waals surface area contributed by atoms with Crippen molar-refractivity contribution in [2.45, 2.75) is 46.5 Å². The van der Waals surface area contributed by atoms with E-state index in [0.717, 1.165) is 49.9 Å². The van der Waals surface area contributed by atoms with Crippen LogP contribution in [-0.4, -0.2) is 56.1 Å². The number of likely N-dealkylation sites (tertiary alicyclic amines) is 2. The molecule has 0 unspecified atom stereocenters. The minimum Gasteiger partial charge on any atom is -0.356 e. The van der Waals surface area contributed by atoms with Crippen LogP contribution in [0.4, 0.5) is 0 Å². The third-order valence-electron chi connectivity index (χ3n) is 6.47. The van der Waals surface area contributed by atoms with E-state index in [1.807, 2.05) is 48.8 Å². The number of rotatable bonds is 2. The molecule has 2 fully saturated rings. The van der Waals surface area contributed by atoms with Gasteiger partial charge in [0.15, 0.2) is 0 Å². The summed E-state index contributed by atoms with van der Waals surface area (Å²) in [5.41, 5.74) is 3.60. The van der Waals surface area contributed by atoms with Crippen LogP contribution in [0.1, 0.15) is 49.3 Å². The first kappa shape index (κ1) is 20.1. The van der Waals surface area contributed by atoms with Crippen molar-refractivity contribution < 1.29 is 13.2 Å². The lowest BCUT2D eigenvalue weighted by atomic mass is 9.94. The van der Waals surface area contributed by atoms with Gasteiger partial charge < -0.3 is 9.80 Å². The average Bonchev–Trinajstić information content (AvgIpc) is 3.30. The SMILES string of the molecule is CC1=C(c2ccc(C)c(C)c2)S(=O)(=O)N=C1N1CCC(C(=O)N2CCCC2)CC1. The fourth-order valence-corrected chi connectivity index (χ4v) is 6.07. The Kier molecular flexibility index (Phi) is 5.27.